The number of rotatable bonds is 10. The van der Waals surface area contributed by atoms with Crippen molar-refractivity contribution in [3.63, 3.8) is 0 Å². The predicted octanol–water partition coefficient (Wildman–Crippen LogP) is 4.61. The van der Waals surface area contributed by atoms with E-state index in [1.807, 2.05) is 45.0 Å². The van der Waals surface area contributed by atoms with Gasteiger partial charge in [0, 0.05) is 35.6 Å². The summed E-state index contributed by atoms with van der Waals surface area (Å²) in [5.41, 5.74) is 0.299. The van der Waals surface area contributed by atoms with Gasteiger partial charge in [-0.15, -0.1) is 0 Å². The lowest BCUT2D eigenvalue weighted by atomic mass is 10.1. The van der Waals surface area contributed by atoms with Crippen molar-refractivity contribution in [2.75, 3.05) is 17.1 Å². The topological polar surface area (TPSA) is 86.8 Å². The Labute approximate surface area is 220 Å². The smallest absolute Gasteiger partial charge is 0.242 e. The van der Waals surface area contributed by atoms with E-state index in [1.165, 1.54) is 11.0 Å². The molecular formula is C25H32BrF2N3O4S. The molecule has 0 aromatic heterocycles. The summed E-state index contributed by atoms with van der Waals surface area (Å²) in [6, 6.07) is 9.39. The molecule has 0 heterocycles. The van der Waals surface area contributed by atoms with Gasteiger partial charge in [-0.3, -0.25) is 13.9 Å². The number of halogens is 3. The lowest BCUT2D eigenvalue weighted by Crippen LogP contribution is -2.52. The first kappa shape index (κ1) is 29.7. The van der Waals surface area contributed by atoms with Crippen molar-refractivity contribution in [1.82, 2.24) is 10.2 Å². The van der Waals surface area contributed by atoms with Crippen LogP contribution in [0.25, 0.3) is 0 Å². The van der Waals surface area contributed by atoms with Crippen LogP contribution in [0.3, 0.4) is 0 Å². The van der Waals surface area contributed by atoms with Gasteiger partial charge >= 0.3 is 0 Å². The quantitative estimate of drug-likeness (QED) is 0.440. The van der Waals surface area contributed by atoms with Crippen LogP contribution in [0.5, 0.6) is 0 Å². The van der Waals surface area contributed by atoms with E-state index in [2.05, 4.69) is 21.2 Å². The van der Waals surface area contributed by atoms with Crippen LogP contribution in [0.1, 0.15) is 46.1 Å². The Bertz CT molecular complexity index is 1180. The average molecular weight is 589 g/mol. The Kier molecular flexibility index (Phi) is 10.0. The number of benzene rings is 2. The number of carbonyl (C=O) groups excluding carboxylic acids is 2. The van der Waals surface area contributed by atoms with Crippen molar-refractivity contribution in [3.8, 4) is 0 Å². The molecule has 2 rings (SSSR count). The summed E-state index contributed by atoms with van der Waals surface area (Å²) < 4.78 is 53.4. The molecular weight excluding hydrogens is 556 g/mol. The number of sulfonamides is 1. The van der Waals surface area contributed by atoms with Gasteiger partial charge in [0.2, 0.25) is 21.8 Å². The maximum absolute atomic E-state index is 13.7. The predicted molar refractivity (Wildman–Crippen MR) is 140 cm³/mol. The summed E-state index contributed by atoms with van der Waals surface area (Å²) in [6.45, 7) is 7.24. The summed E-state index contributed by atoms with van der Waals surface area (Å²) in [6.07, 6.45) is 1.00. The van der Waals surface area contributed by atoms with Gasteiger partial charge in [-0.05, 0) is 63.9 Å². The van der Waals surface area contributed by atoms with Crippen LogP contribution in [0.15, 0.2) is 46.9 Å². The molecule has 1 atom stereocenters. The number of hydrogen-bond acceptors (Lipinski definition) is 4. The second kappa shape index (κ2) is 12.1. The van der Waals surface area contributed by atoms with Gasteiger partial charge in [0.05, 0.1) is 11.9 Å². The van der Waals surface area contributed by atoms with Gasteiger partial charge in [0.25, 0.3) is 0 Å². The highest BCUT2D eigenvalue weighted by atomic mass is 79.9. The molecule has 1 N–H and O–H groups in total. The number of carbonyl (C=O) groups is 2. The lowest BCUT2D eigenvalue weighted by Gasteiger charge is -2.32. The Morgan fingerprint density at radius 2 is 1.67 bits per heavy atom. The molecule has 198 valence electrons. The first-order valence-electron chi connectivity index (χ1n) is 11.4. The third-order valence-corrected chi connectivity index (χ3v) is 7.00. The minimum Gasteiger partial charge on any atom is -0.350 e. The third kappa shape index (κ3) is 8.85. The molecule has 2 aromatic rings. The Hall–Kier alpha value is -2.53. The fourth-order valence-corrected chi connectivity index (χ4v) is 4.71. The zero-order chi connectivity index (χ0) is 27.3. The lowest BCUT2D eigenvalue weighted by molar-refractivity contribution is -0.141. The molecule has 0 radical (unpaired) electrons. The fourth-order valence-electron chi connectivity index (χ4n) is 3.49. The molecule has 0 aliphatic carbocycles. The summed E-state index contributed by atoms with van der Waals surface area (Å²) in [4.78, 5) is 27.5. The second-order valence-corrected chi connectivity index (χ2v) is 12.4. The molecule has 2 aromatic carbocycles. The molecule has 0 spiro atoms. The molecule has 2 amide bonds. The molecule has 0 fully saturated rings. The molecule has 0 aliphatic rings. The fraction of sp³-hybridized carbons (Fsp3) is 0.440. The molecule has 11 heteroatoms. The highest BCUT2D eigenvalue weighted by Crippen LogP contribution is 2.22. The molecule has 0 saturated carbocycles. The maximum atomic E-state index is 13.7. The first-order valence-corrected chi connectivity index (χ1v) is 14.0. The first-order chi connectivity index (χ1) is 16.6. The SMILES string of the molecule is C[C@@H](C(=O)NC(C)(C)C)N(Cc1ccc(Br)cc1)C(=O)CCCN(c1ccc(F)c(F)c1)S(C)(=O)=O. The molecule has 0 saturated heterocycles. The van der Waals surface area contributed by atoms with Crippen molar-refractivity contribution in [3.05, 3.63) is 64.1 Å². The average Bonchev–Trinajstić information content (AvgIpc) is 2.75. The minimum atomic E-state index is -3.82. The molecule has 0 aliphatic heterocycles. The van der Waals surface area contributed by atoms with E-state index in [9.17, 15) is 26.8 Å². The second-order valence-electron chi connectivity index (χ2n) is 9.60. The van der Waals surface area contributed by atoms with Crippen molar-refractivity contribution in [2.45, 2.75) is 58.7 Å². The Morgan fingerprint density at radius 3 is 2.19 bits per heavy atom. The Balaban J connectivity index is 2.20. The summed E-state index contributed by atoms with van der Waals surface area (Å²) in [5, 5.41) is 2.88. The van der Waals surface area contributed by atoms with E-state index in [-0.39, 0.29) is 43.4 Å². The van der Waals surface area contributed by atoms with E-state index >= 15 is 0 Å². The number of nitrogens with one attached hydrogen (secondary N) is 1. The van der Waals surface area contributed by atoms with Crippen LogP contribution in [0.2, 0.25) is 0 Å². The van der Waals surface area contributed by atoms with Gasteiger partial charge in [0.1, 0.15) is 6.04 Å². The van der Waals surface area contributed by atoms with E-state index in [1.54, 1.807) is 6.92 Å². The summed E-state index contributed by atoms with van der Waals surface area (Å²) in [5.74, 6) is -2.91. The van der Waals surface area contributed by atoms with Crippen LogP contribution in [-0.2, 0) is 26.2 Å². The van der Waals surface area contributed by atoms with E-state index in [0.717, 1.165) is 32.7 Å². The van der Waals surface area contributed by atoms with Gasteiger partial charge in [0.15, 0.2) is 11.6 Å². The highest BCUT2D eigenvalue weighted by molar-refractivity contribution is 9.10. The summed E-state index contributed by atoms with van der Waals surface area (Å²) >= 11 is 3.37. The van der Waals surface area contributed by atoms with Crippen molar-refractivity contribution >= 4 is 43.5 Å². The minimum absolute atomic E-state index is 0.0338. The van der Waals surface area contributed by atoms with E-state index < -0.39 is 33.2 Å². The summed E-state index contributed by atoms with van der Waals surface area (Å²) in [7, 11) is -3.82. The van der Waals surface area contributed by atoms with Crippen molar-refractivity contribution in [1.29, 1.82) is 0 Å². The van der Waals surface area contributed by atoms with Crippen LogP contribution >= 0.6 is 15.9 Å². The Morgan fingerprint density at radius 1 is 1.06 bits per heavy atom. The number of amides is 2. The van der Waals surface area contributed by atoms with Gasteiger partial charge in [-0.25, -0.2) is 17.2 Å². The van der Waals surface area contributed by atoms with E-state index in [4.69, 9.17) is 0 Å². The normalized spacial score (nSPS) is 12.7. The van der Waals surface area contributed by atoms with E-state index in [0.29, 0.717) is 0 Å². The van der Waals surface area contributed by atoms with Crippen LogP contribution in [-0.4, -0.2) is 49.5 Å². The zero-order valence-corrected chi connectivity index (χ0v) is 23.4. The van der Waals surface area contributed by atoms with Crippen LogP contribution < -0.4 is 9.62 Å². The standard InChI is InChI=1S/C25H32BrF2N3O4S/c1-17(24(33)29-25(2,3)4)30(16-18-8-10-19(26)11-9-18)23(32)7-6-14-31(36(5,34)35)20-12-13-21(27)22(28)15-20/h8-13,15,17H,6-7,14,16H2,1-5H3,(H,29,33)/t17-/m0/s1. The van der Waals surface area contributed by atoms with Gasteiger partial charge in [-0.1, -0.05) is 28.1 Å². The van der Waals surface area contributed by atoms with Gasteiger partial charge in [-0.2, -0.15) is 0 Å². The molecule has 0 bridgehead atoms. The molecule has 0 unspecified atom stereocenters. The molecule has 7 nitrogen and oxygen atoms in total. The number of anilines is 1. The monoisotopic (exact) mass is 587 g/mol. The van der Waals surface area contributed by atoms with Gasteiger partial charge < -0.3 is 10.2 Å². The largest absolute Gasteiger partial charge is 0.350 e. The van der Waals surface area contributed by atoms with Crippen LogP contribution in [0.4, 0.5) is 14.5 Å². The molecule has 36 heavy (non-hydrogen) atoms. The number of nitrogens with zero attached hydrogens (tertiary/aromatic N) is 2. The number of hydrogen-bond donors (Lipinski definition) is 1. The van der Waals surface area contributed by atoms with Crippen molar-refractivity contribution < 1.29 is 26.8 Å². The third-order valence-electron chi connectivity index (χ3n) is 5.28. The zero-order valence-electron chi connectivity index (χ0n) is 21.0. The maximum Gasteiger partial charge on any atom is 0.242 e. The van der Waals surface area contributed by atoms with Crippen molar-refractivity contribution in [2.24, 2.45) is 0 Å². The van der Waals surface area contributed by atoms with Crippen LogP contribution in [0, 0.1) is 11.6 Å². The highest BCUT2D eigenvalue weighted by Gasteiger charge is 2.28.